The van der Waals surface area contributed by atoms with Crippen molar-refractivity contribution in [3.05, 3.63) is 0 Å². The third-order valence-corrected chi connectivity index (χ3v) is 1.57. The first-order valence-electron chi connectivity index (χ1n) is 3.05. The monoisotopic (exact) mass is 178 g/mol. The molecule has 11 heavy (non-hydrogen) atoms. The van der Waals surface area contributed by atoms with E-state index in [-0.39, 0.29) is 12.8 Å². The molecule has 0 rings (SSSR count). The van der Waals surface area contributed by atoms with Crippen LogP contribution in [0.4, 0.5) is 0 Å². The quantitative estimate of drug-likeness (QED) is 0.481. The highest BCUT2D eigenvalue weighted by Crippen LogP contribution is 2.05. The van der Waals surface area contributed by atoms with Crippen molar-refractivity contribution in [1.82, 2.24) is 0 Å². The number of carboxylic acid groups (broad SMARTS) is 1. The Bertz CT molecular complexity index is 157. The molecule has 0 spiro atoms. The van der Waals surface area contributed by atoms with E-state index in [2.05, 4.69) is 17.4 Å². The van der Waals surface area contributed by atoms with Crippen molar-refractivity contribution in [2.24, 2.45) is 0 Å². The molecule has 4 nitrogen and oxygen atoms in total. The minimum absolute atomic E-state index is 0.0662. The van der Waals surface area contributed by atoms with Crippen LogP contribution in [0.1, 0.15) is 12.8 Å². The fourth-order valence-electron chi connectivity index (χ4n) is 0.514. The topological polar surface area (TPSA) is 63.6 Å². The van der Waals surface area contributed by atoms with Crippen molar-refractivity contribution in [3.8, 4) is 0 Å². The minimum atomic E-state index is -0.937. The van der Waals surface area contributed by atoms with Crippen LogP contribution in [-0.2, 0) is 14.3 Å². The van der Waals surface area contributed by atoms with Crippen molar-refractivity contribution in [2.45, 2.75) is 18.1 Å². The fraction of sp³-hybridized carbons (Fsp3) is 0.667. The second-order valence-corrected chi connectivity index (χ2v) is 2.59. The van der Waals surface area contributed by atoms with E-state index in [0.717, 1.165) is 0 Å². The molecule has 0 amide bonds. The zero-order valence-electron chi connectivity index (χ0n) is 6.11. The maximum absolute atomic E-state index is 10.6. The molecule has 64 valence electrons. The summed E-state index contributed by atoms with van der Waals surface area (Å²) < 4.78 is 4.34. The number of methoxy groups -OCH3 is 1. The van der Waals surface area contributed by atoms with Crippen LogP contribution in [0.5, 0.6) is 0 Å². The summed E-state index contributed by atoms with van der Waals surface area (Å²) in [6.07, 6.45) is 0.133. The van der Waals surface area contributed by atoms with Crippen LogP contribution in [0.3, 0.4) is 0 Å². The molecule has 0 aliphatic rings. The number of thiol groups is 1. The summed E-state index contributed by atoms with van der Waals surface area (Å²) in [5, 5.41) is 7.60. The average Bonchev–Trinajstić information content (AvgIpc) is 1.98. The first-order valence-corrected chi connectivity index (χ1v) is 3.57. The number of carbonyl (C=O) groups excluding carboxylic acids is 1. The molecule has 5 heteroatoms. The molecule has 1 atom stereocenters. The van der Waals surface area contributed by atoms with Gasteiger partial charge in [-0.3, -0.25) is 9.59 Å². The Hall–Kier alpha value is -0.710. The molecular formula is C6H10O4S. The molecule has 0 radical (unpaired) electrons. The third-order valence-electron chi connectivity index (χ3n) is 1.10. The van der Waals surface area contributed by atoms with E-state index in [1.165, 1.54) is 7.11 Å². The Morgan fingerprint density at radius 3 is 2.55 bits per heavy atom. The average molecular weight is 178 g/mol. The number of hydrogen-bond acceptors (Lipinski definition) is 4. The number of esters is 1. The van der Waals surface area contributed by atoms with Crippen LogP contribution in [0.25, 0.3) is 0 Å². The first kappa shape index (κ1) is 10.3. The molecule has 0 fully saturated rings. The molecule has 1 N–H and O–H groups in total. The number of ether oxygens (including phenoxy) is 1. The maximum Gasteiger partial charge on any atom is 0.318 e. The predicted octanol–water partition coefficient (Wildman–Crippen LogP) is 0.323. The summed E-state index contributed by atoms with van der Waals surface area (Å²) >= 11 is 3.84. The summed E-state index contributed by atoms with van der Waals surface area (Å²) in [7, 11) is 1.24. The van der Waals surface area contributed by atoms with E-state index < -0.39 is 17.2 Å². The Balaban J connectivity index is 3.60. The molecule has 1 unspecified atom stereocenters. The molecule has 0 aromatic heterocycles. The van der Waals surface area contributed by atoms with Gasteiger partial charge in [0.25, 0.3) is 0 Å². The molecule has 0 aliphatic carbocycles. The Morgan fingerprint density at radius 1 is 1.64 bits per heavy atom. The molecule has 0 bridgehead atoms. The molecule has 0 heterocycles. The zero-order chi connectivity index (χ0) is 8.85. The summed E-state index contributed by atoms with van der Waals surface area (Å²) in [6.45, 7) is 0. The summed E-state index contributed by atoms with van der Waals surface area (Å²) in [5.74, 6) is -1.43. The molecule has 0 aromatic rings. The lowest BCUT2D eigenvalue weighted by atomic mass is 10.2. The summed E-state index contributed by atoms with van der Waals surface area (Å²) in [5.41, 5.74) is 0. The van der Waals surface area contributed by atoms with Gasteiger partial charge in [0.2, 0.25) is 0 Å². The van der Waals surface area contributed by atoms with Gasteiger partial charge < -0.3 is 9.84 Å². The zero-order valence-corrected chi connectivity index (χ0v) is 7.01. The van der Waals surface area contributed by atoms with Crippen LogP contribution in [0.2, 0.25) is 0 Å². The lowest BCUT2D eigenvalue weighted by molar-refractivity contribution is -0.140. The van der Waals surface area contributed by atoms with Gasteiger partial charge in [-0.1, -0.05) is 0 Å². The van der Waals surface area contributed by atoms with E-state index in [1.807, 2.05) is 0 Å². The lowest BCUT2D eigenvalue weighted by Gasteiger charge is -2.04. The minimum Gasteiger partial charge on any atom is -0.481 e. The Kier molecular flexibility index (Phi) is 4.69. The normalized spacial score (nSPS) is 12.2. The molecule has 0 aliphatic heterocycles. The summed E-state index contributed by atoms with van der Waals surface area (Å²) in [4.78, 5) is 20.7. The van der Waals surface area contributed by atoms with Crippen molar-refractivity contribution in [3.63, 3.8) is 0 Å². The highest BCUT2D eigenvalue weighted by atomic mass is 32.1. The second kappa shape index (κ2) is 5.01. The Labute approximate surface area is 69.9 Å². The highest BCUT2D eigenvalue weighted by molar-refractivity contribution is 7.81. The van der Waals surface area contributed by atoms with Crippen molar-refractivity contribution in [1.29, 1.82) is 0 Å². The van der Waals surface area contributed by atoms with E-state index in [4.69, 9.17) is 5.11 Å². The van der Waals surface area contributed by atoms with Gasteiger partial charge in [-0.2, -0.15) is 12.6 Å². The SMILES string of the molecule is COC(=O)C(S)CCC(=O)O. The summed E-state index contributed by atoms with van der Waals surface area (Å²) in [6, 6.07) is 0. The van der Waals surface area contributed by atoms with Gasteiger partial charge in [-0.15, -0.1) is 0 Å². The molecule has 0 saturated heterocycles. The lowest BCUT2D eigenvalue weighted by Crippen LogP contribution is -2.17. The van der Waals surface area contributed by atoms with Gasteiger partial charge in [0, 0.05) is 6.42 Å². The standard InChI is InChI=1S/C6H10O4S/c1-10-6(9)4(11)2-3-5(7)8/h4,11H,2-3H2,1H3,(H,7,8). The van der Waals surface area contributed by atoms with E-state index in [0.29, 0.717) is 0 Å². The van der Waals surface area contributed by atoms with Crippen LogP contribution in [-0.4, -0.2) is 29.4 Å². The molecular weight excluding hydrogens is 168 g/mol. The molecule has 0 saturated carbocycles. The van der Waals surface area contributed by atoms with E-state index in [1.54, 1.807) is 0 Å². The van der Waals surface area contributed by atoms with Gasteiger partial charge in [0.1, 0.15) is 5.25 Å². The van der Waals surface area contributed by atoms with Gasteiger partial charge in [-0.25, -0.2) is 0 Å². The van der Waals surface area contributed by atoms with Crippen molar-refractivity contribution < 1.29 is 19.4 Å². The van der Waals surface area contributed by atoms with Gasteiger partial charge in [0.15, 0.2) is 0 Å². The van der Waals surface area contributed by atoms with Gasteiger partial charge in [-0.05, 0) is 6.42 Å². The number of aliphatic carboxylic acids is 1. The number of carboxylic acids is 1. The van der Waals surface area contributed by atoms with Crippen LogP contribution in [0, 0.1) is 0 Å². The smallest absolute Gasteiger partial charge is 0.318 e. The molecule has 0 aromatic carbocycles. The number of hydrogen-bond donors (Lipinski definition) is 2. The highest BCUT2D eigenvalue weighted by Gasteiger charge is 2.14. The predicted molar refractivity (Wildman–Crippen MR) is 41.7 cm³/mol. The van der Waals surface area contributed by atoms with Crippen molar-refractivity contribution in [2.75, 3.05) is 7.11 Å². The maximum atomic E-state index is 10.6. The third kappa shape index (κ3) is 4.66. The van der Waals surface area contributed by atoms with Gasteiger partial charge in [0.05, 0.1) is 7.11 Å². The number of rotatable bonds is 4. The second-order valence-electron chi connectivity index (χ2n) is 1.97. The fourth-order valence-corrected chi connectivity index (χ4v) is 0.749. The largest absolute Gasteiger partial charge is 0.481 e. The first-order chi connectivity index (χ1) is 5.07. The van der Waals surface area contributed by atoms with Crippen LogP contribution < -0.4 is 0 Å². The van der Waals surface area contributed by atoms with Crippen LogP contribution in [0.15, 0.2) is 0 Å². The van der Waals surface area contributed by atoms with Gasteiger partial charge >= 0.3 is 11.9 Å². The van der Waals surface area contributed by atoms with E-state index >= 15 is 0 Å². The van der Waals surface area contributed by atoms with Crippen LogP contribution >= 0.6 is 12.6 Å². The van der Waals surface area contributed by atoms with Crippen molar-refractivity contribution >= 4 is 24.6 Å². The van der Waals surface area contributed by atoms with E-state index in [9.17, 15) is 9.59 Å². The Morgan fingerprint density at radius 2 is 2.18 bits per heavy atom. The number of carbonyl (C=O) groups is 2.